The van der Waals surface area contributed by atoms with E-state index >= 15 is 0 Å². The maximum Gasteiger partial charge on any atom is 0.0431 e. The number of hydrogen-bond donors (Lipinski definition) is 2. The van der Waals surface area contributed by atoms with Crippen molar-refractivity contribution < 1.29 is 10.2 Å². The maximum absolute atomic E-state index is 8.86. The minimum Gasteiger partial charge on any atom is -0.396 e. The van der Waals surface area contributed by atoms with Gasteiger partial charge in [0.25, 0.3) is 0 Å². The lowest BCUT2D eigenvalue weighted by molar-refractivity contribution is 0.199. The minimum atomic E-state index is 0.281. The highest BCUT2D eigenvalue weighted by Gasteiger charge is 2.27. The van der Waals surface area contributed by atoms with Crippen LogP contribution >= 0.6 is 0 Å². The van der Waals surface area contributed by atoms with E-state index in [9.17, 15) is 0 Å². The Morgan fingerprint density at radius 2 is 1.71 bits per heavy atom. The van der Waals surface area contributed by atoms with Crippen LogP contribution in [0.5, 0.6) is 0 Å². The molecule has 1 rings (SSSR count). The van der Waals surface area contributed by atoms with Crippen LogP contribution in [-0.4, -0.2) is 23.4 Å². The van der Waals surface area contributed by atoms with E-state index in [-0.39, 0.29) is 18.6 Å². The standard InChI is InChI=1S/C12H22O2/c13-10-4-8-12(9-5-11-14)6-2-1-3-7-12/h2,6,13-14H,1,3-5,7-11H2. The van der Waals surface area contributed by atoms with E-state index in [0.717, 1.165) is 25.7 Å². The fourth-order valence-electron chi connectivity index (χ4n) is 2.39. The number of allylic oxidation sites excluding steroid dienone is 2. The molecular formula is C12H22O2. The summed E-state index contributed by atoms with van der Waals surface area (Å²) in [4.78, 5) is 0. The molecule has 0 aromatic heterocycles. The molecule has 0 amide bonds. The molecule has 0 bridgehead atoms. The summed E-state index contributed by atoms with van der Waals surface area (Å²) < 4.78 is 0. The zero-order valence-corrected chi connectivity index (χ0v) is 8.91. The molecule has 0 radical (unpaired) electrons. The van der Waals surface area contributed by atoms with Gasteiger partial charge in [-0.15, -0.1) is 0 Å². The topological polar surface area (TPSA) is 40.5 Å². The van der Waals surface area contributed by atoms with Crippen LogP contribution in [-0.2, 0) is 0 Å². The van der Waals surface area contributed by atoms with Crippen molar-refractivity contribution in [3.05, 3.63) is 12.2 Å². The summed E-state index contributed by atoms with van der Waals surface area (Å²) in [5.41, 5.74) is 0.281. The average molecular weight is 198 g/mol. The average Bonchev–Trinajstić information content (AvgIpc) is 2.25. The molecule has 82 valence electrons. The Morgan fingerprint density at radius 1 is 1.07 bits per heavy atom. The van der Waals surface area contributed by atoms with E-state index in [4.69, 9.17) is 10.2 Å². The molecule has 0 aromatic rings. The highest BCUT2D eigenvalue weighted by atomic mass is 16.3. The maximum atomic E-state index is 8.86. The van der Waals surface area contributed by atoms with E-state index < -0.39 is 0 Å². The second kappa shape index (κ2) is 6.20. The Balaban J connectivity index is 2.48. The van der Waals surface area contributed by atoms with Gasteiger partial charge in [-0.05, 0) is 50.4 Å². The van der Waals surface area contributed by atoms with Crippen LogP contribution in [0.3, 0.4) is 0 Å². The second-order valence-electron chi connectivity index (χ2n) is 4.31. The summed E-state index contributed by atoms with van der Waals surface area (Å²) >= 11 is 0. The molecule has 0 spiro atoms. The van der Waals surface area contributed by atoms with Gasteiger partial charge in [0.2, 0.25) is 0 Å². The van der Waals surface area contributed by atoms with Gasteiger partial charge in [0.1, 0.15) is 0 Å². The van der Waals surface area contributed by atoms with Crippen LogP contribution in [0.15, 0.2) is 12.2 Å². The number of rotatable bonds is 6. The van der Waals surface area contributed by atoms with Gasteiger partial charge in [-0.3, -0.25) is 0 Å². The molecule has 1 aliphatic rings. The molecule has 0 saturated heterocycles. The van der Waals surface area contributed by atoms with Gasteiger partial charge in [-0.1, -0.05) is 12.2 Å². The molecule has 0 atom stereocenters. The molecule has 2 nitrogen and oxygen atoms in total. The summed E-state index contributed by atoms with van der Waals surface area (Å²) in [6.45, 7) is 0.573. The van der Waals surface area contributed by atoms with E-state index in [2.05, 4.69) is 12.2 Å². The van der Waals surface area contributed by atoms with Gasteiger partial charge in [-0.2, -0.15) is 0 Å². The first kappa shape index (κ1) is 11.7. The lowest BCUT2D eigenvalue weighted by Crippen LogP contribution is -2.21. The molecule has 0 heterocycles. The summed E-state index contributed by atoms with van der Waals surface area (Å²) in [5.74, 6) is 0. The van der Waals surface area contributed by atoms with Crippen LogP contribution in [0.1, 0.15) is 44.9 Å². The van der Waals surface area contributed by atoms with Gasteiger partial charge >= 0.3 is 0 Å². The molecule has 0 saturated carbocycles. The number of aliphatic hydroxyl groups is 2. The fourth-order valence-corrected chi connectivity index (χ4v) is 2.39. The van der Waals surface area contributed by atoms with Crippen molar-refractivity contribution in [3.8, 4) is 0 Å². The first-order valence-electron chi connectivity index (χ1n) is 5.72. The monoisotopic (exact) mass is 198 g/mol. The third kappa shape index (κ3) is 3.43. The van der Waals surface area contributed by atoms with Crippen LogP contribution < -0.4 is 0 Å². The molecule has 0 fully saturated rings. The van der Waals surface area contributed by atoms with E-state index in [1.165, 1.54) is 19.3 Å². The lowest BCUT2D eigenvalue weighted by Gasteiger charge is -2.33. The molecular weight excluding hydrogens is 176 g/mol. The number of aliphatic hydroxyl groups excluding tert-OH is 2. The van der Waals surface area contributed by atoms with Crippen molar-refractivity contribution >= 4 is 0 Å². The minimum absolute atomic E-state index is 0.281. The third-order valence-corrected chi connectivity index (χ3v) is 3.18. The molecule has 1 aliphatic carbocycles. The quantitative estimate of drug-likeness (QED) is 0.643. The first-order chi connectivity index (χ1) is 6.83. The zero-order chi connectivity index (χ0) is 10.3. The van der Waals surface area contributed by atoms with Gasteiger partial charge in [0.05, 0.1) is 0 Å². The third-order valence-electron chi connectivity index (χ3n) is 3.18. The highest BCUT2D eigenvalue weighted by Crippen LogP contribution is 2.39. The smallest absolute Gasteiger partial charge is 0.0431 e. The molecule has 0 aliphatic heterocycles. The largest absolute Gasteiger partial charge is 0.396 e. The van der Waals surface area contributed by atoms with E-state index in [0.29, 0.717) is 0 Å². The summed E-state index contributed by atoms with van der Waals surface area (Å²) in [6.07, 6.45) is 12.2. The Labute approximate surface area is 86.6 Å². The second-order valence-corrected chi connectivity index (χ2v) is 4.31. The SMILES string of the molecule is OCCCC1(CCCO)C=CCCC1. The van der Waals surface area contributed by atoms with Crippen LogP contribution in [0.4, 0.5) is 0 Å². The molecule has 0 aromatic carbocycles. The molecule has 14 heavy (non-hydrogen) atoms. The van der Waals surface area contributed by atoms with Crippen molar-refractivity contribution in [1.82, 2.24) is 0 Å². The Bertz CT molecular complexity index is 167. The van der Waals surface area contributed by atoms with E-state index in [1.54, 1.807) is 0 Å². The Hall–Kier alpha value is -0.340. The van der Waals surface area contributed by atoms with Crippen LogP contribution in [0, 0.1) is 5.41 Å². The summed E-state index contributed by atoms with van der Waals surface area (Å²) in [5, 5.41) is 17.7. The van der Waals surface area contributed by atoms with Crippen molar-refractivity contribution in [1.29, 1.82) is 0 Å². The zero-order valence-electron chi connectivity index (χ0n) is 8.91. The van der Waals surface area contributed by atoms with Gasteiger partial charge in [0, 0.05) is 13.2 Å². The van der Waals surface area contributed by atoms with Gasteiger partial charge in [0.15, 0.2) is 0 Å². The van der Waals surface area contributed by atoms with Gasteiger partial charge in [-0.25, -0.2) is 0 Å². The fraction of sp³-hybridized carbons (Fsp3) is 0.833. The molecule has 0 unspecified atom stereocenters. The summed E-state index contributed by atoms with van der Waals surface area (Å²) in [7, 11) is 0. The van der Waals surface area contributed by atoms with Crippen molar-refractivity contribution in [2.45, 2.75) is 44.9 Å². The predicted octanol–water partition coefficient (Wildman–Crippen LogP) is 2.26. The normalized spacial score (nSPS) is 19.9. The molecule has 2 N–H and O–H groups in total. The van der Waals surface area contributed by atoms with Gasteiger partial charge < -0.3 is 10.2 Å². The number of hydrogen-bond acceptors (Lipinski definition) is 2. The first-order valence-corrected chi connectivity index (χ1v) is 5.72. The Morgan fingerprint density at radius 3 is 2.14 bits per heavy atom. The van der Waals surface area contributed by atoms with Crippen LogP contribution in [0.2, 0.25) is 0 Å². The van der Waals surface area contributed by atoms with Crippen molar-refractivity contribution in [2.75, 3.05) is 13.2 Å². The highest BCUT2D eigenvalue weighted by molar-refractivity contribution is 5.03. The Kier molecular flexibility index (Phi) is 5.20. The summed E-state index contributed by atoms with van der Waals surface area (Å²) in [6, 6.07) is 0. The lowest BCUT2D eigenvalue weighted by atomic mass is 9.72. The van der Waals surface area contributed by atoms with Crippen molar-refractivity contribution in [3.63, 3.8) is 0 Å². The van der Waals surface area contributed by atoms with E-state index in [1.807, 2.05) is 0 Å². The van der Waals surface area contributed by atoms with Crippen LogP contribution in [0.25, 0.3) is 0 Å². The molecule has 2 heteroatoms. The van der Waals surface area contributed by atoms with Crippen molar-refractivity contribution in [2.24, 2.45) is 5.41 Å². The predicted molar refractivity (Wildman–Crippen MR) is 58.1 cm³/mol.